The highest BCUT2D eigenvalue weighted by molar-refractivity contribution is 5.74. The second-order valence-corrected chi connectivity index (χ2v) is 4.37. The third kappa shape index (κ3) is 1.95. The standard InChI is InChI=1S/C13H16N2O/c1-2-6-12-11(5-1)14-13(15-12)8-7-10-4-3-9-16-10/h1-2,5-6,10H,3-4,7-9H2,(H,14,15). The number of benzene rings is 1. The van der Waals surface area contributed by atoms with Gasteiger partial charge in [0.1, 0.15) is 5.82 Å². The Kier molecular flexibility index (Phi) is 2.62. The van der Waals surface area contributed by atoms with Gasteiger partial charge in [0.2, 0.25) is 0 Å². The van der Waals surface area contributed by atoms with E-state index in [-0.39, 0.29) is 0 Å². The van der Waals surface area contributed by atoms with Crippen LogP contribution in [0.3, 0.4) is 0 Å². The number of hydrogen-bond donors (Lipinski definition) is 1. The molecular weight excluding hydrogens is 200 g/mol. The van der Waals surface area contributed by atoms with Gasteiger partial charge in [0, 0.05) is 13.0 Å². The molecule has 1 aliphatic heterocycles. The molecule has 84 valence electrons. The second-order valence-electron chi connectivity index (χ2n) is 4.37. The number of aromatic nitrogens is 2. The van der Waals surface area contributed by atoms with Crippen molar-refractivity contribution in [1.82, 2.24) is 9.97 Å². The fourth-order valence-electron chi connectivity index (χ4n) is 2.29. The molecule has 2 heterocycles. The molecule has 0 aliphatic carbocycles. The van der Waals surface area contributed by atoms with Crippen molar-refractivity contribution >= 4 is 11.0 Å². The van der Waals surface area contributed by atoms with Crippen LogP contribution >= 0.6 is 0 Å². The average Bonchev–Trinajstić information content (AvgIpc) is 2.95. The lowest BCUT2D eigenvalue weighted by molar-refractivity contribution is 0.104. The summed E-state index contributed by atoms with van der Waals surface area (Å²) in [6.07, 6.45) is 4.94. The van der Waals surface area contributed by atoms with Crippen molar-refractivity contribution in [2.75, 3.05) is 6.61 Å². The highest BCUT2D eigenvalue weighted by Crippen LogP contribution is 2.18. The average molecular weight is 216 g/mol. The first-order chi connectivity index (χ1) is 7.92. The summed E-state index contributed by atoms with van der Waals surface area (Å²) in [5.41, 5.74) is 2.19. The zero-order valence-electron chi connectivity index (χ0n) is 9.28. The minimum Gasteiger partial charge on any atom is -0.378 e. The molecule has 1 aliphatic rings. The van der Waals surface area contributed by atoms with Crippen LogP contribution in [0.4, 0.5) is 0 Å². The van der Waals surface area contributed by atoms with E-state index in [0.29, 0.717) is 6.10 Å². The summed E-state index contributed by atoms with van der Waals surface area (Å²) in [4.78, 5) is 7.92. The van der Waals surface area contributed by atoms with Crippen LogP contribution in [0.15, 0.2) is 24.3 Å². The first-order valence-electron chi connectivity index (χ1n) is 5.97. The minimum atomic E-state index is 0.452. The molecule has 1 fully saturated rings. The fraction of sp³-hybridized carbons (Fsp3) is 0.462. The van der Waals surface area contributed by atoms with Gasteiger partial charge in [0.05, 0.1) is 17.1 Å². The van der Waals surface area contributed by atoms with Crippen LogP contribution in [0.5, 0.6) is 0 Å². The van der Waals surface area contributed by atoms with Crippen molar-refractivity contribution in [3.8, 4) is 0 Å². The van der Waals surface area contributed by atoms with E-state index in [1.54, 1.807) is 0 Å². The fourth-order valence-corrected chi connectivity index (χ4v) is 2.29. The van der Waals surface area contributed by atoms with Crippen molar-refractivity contribution in [2.45, 2.75) is 31.8 Å². The van der Waals surface area contributed by atoms with Crippen LogP contribution < -0.4 is 0 Å². The monoisotopic (exact) mass is 216 g/mol. The molecule has 1 aromatic heterocycles. The second kappa shape index (κ2) is 4.26. The normalized spacial score (nSPS) is 20.6. The van der Waals surface area contributed by atoms with E-state index < -0.39 is 0 Å². The molecule has 1 N–H and O–H groups in total. The summed E-state index contributed by atoms with van der Waals surface area (Å²) >= 11 is 0. The first-order valence-corrected chi connectivity index (χ1v) is 5.97. The van der Waals surface area contributed by atoms with E-state index in [1.165, 1.54) is 12.8 Å². The number of H-pyrrole nitrogens is 1. The quantitative estimate of drug-likeness (QED) is 0.856. The molecule has 0 bridgehead atoms. The Bertz CT molecular complexity index is 438. The van der Waals surface area contributed by atoms with Gasteiger partial charge in [0.15, 0.2) is 0 Å². The topological polar surface area (TPSA) is 37.9 Å². The van der Waals surface area contributed by atoms with Gasteiger partial charge in [-0.3, -0.25) is 0 Å². The highest BCUT2D eigenvalue weighted by atomic mass is 16.5. The number of nitrogens with zero attached hydrogens (tertiary/aromatic N) is 1. The van der Waals surface area contributed by atoms with Gasteiger partial charge in [0.25, 0.3) is 0 Å². The van der Waals surface area contributed by atoms with Gasteiger partial charge < -0.3 is 9.72 Å². The van der Waals surface area contributed by atoms with E-state index in [4.69, 9.17) is 4.74 Å². The number of aromatic amines is 1. The third-order valence-electron chi connectivity index (χ3n) is 3.17. The van der Waals surface area contributed by atoms with E-state index >= 15 is 0 Å². The summed E-state index contributed by atoms with van der Waals surface area (Å²) in [5, 5.41) is 0. The number of imidazole rings is 1. The summed E-state index contributed by atoms with van der Waals surface area (Å²) in [6, 6.07) is 8.16. The van der Waals surface area contributed by atoms with E-state index in [2.05, 4.69) is 16.0 Å². The molecule has 0 spiro atoms. The molecule has 2 aromatic rings. The van der Waals surface area contributed by atoms with E-state index in [1.807, 2.05) is 18.2 Å². The maximum absolute atomic E-state index is 5.61. The molecule has 3 heteroatoms. The Labute approximate surface area is 94.8 Å². The van der Waals surface area contributed by atoms with Crippen LogP contribution in [0.25, 0.3) is 11.0 Å². The molecule has 16 heavy (non-hydrogen) atoms. The zero-order valence-corrected chi connectivity index (χ0v) is 9.28. The molecule has 1 unspecified atom stereocenters. The molecular formula is C13H16N2O. The number of para-hydroxylation sites is 2. The van der Waals surface area contributed by atoms with E-state index in [0.717, 1.165) is 36.3 Å². The van der Waals surface area contributed by atoms with Gasteiger partial charge in [-0.15, -0.1) is 0 Å². The number of aryl methyl sites for hydroxylation is 1. The number of ether oxygens (including phenoxy) is 1. The Morgan fingerprint density at radius 2 is 2.31 bits per heavy atom. The van der Waals surface area contributed by atoms with Crippen LogP contribution in [0.2, 0.25) is 0 Å². The summed E-state index contributed by atoms with van der Waals surface area (Å²) < 4.78 is 5.61. The van der Waals surface area contributed by atoms with Gasteiger partial charge in [-0.2, -0.15) is 0 Å². The lowest BCUT2D eigenvalue weighted by Crippen LogP contribution is -2.06. The highest BCUT2D eigenvalue weighted by Gasteiger charge is 2.15. The molecule has 1 aromatic carbocycles. The number of hydrogen-bond acceptors (Lipinski definition) is 2. The molecule has 0 radical (unpaired) electrons. The van der Waals surface area contributed by atoms with Crippen molar-refractivity contribution in [2.24, 2.45) is 0 Å². The van der Waals surface area contributed by atoms with E-state index in [9.17, 15) is 0 Å². The molecule has 1 atom stereocenters. The largest absolute Gasteiger partial charge is 0.378 e. The predicted molar refractivity (Wildman–Crippen MR) is 63.4 cm³/mol. The van der Waals surface area contributed by atoms with Crippen LogP contribution in [-0.2, 0) is 11.2 Å². The van der Waals surface area contributed by atoms with Crippen LogP contribution in [0, 0.1) is 0 Å². The summed E-state index contributed by atoms with van der Waals surface area (Å²) in [5.74, 6) is 1.08. The van der Waals surface area contributed by atoms with Crippen LogP contribution in [-0.4, -0.2) is 22.7 Å². The number of rotatable bonds is 3. The lowest BCUT2D eigenvalue weighted by atomic mass is 10.1. The maximum atomic E-state index is 5.61. The zero-order chi connectivity index (χ0) is 10.8. The molecule has 3 rings (SSSR count). The Morgan fingerprint density at radius 3 is 3.12 bits per heavy atom. The van der Waals surface area contributed by atoms with Gasteiger partial charge in [-0.1, -0.05) is 12.1 Å². The van der Waals surface area contributed by atoms with Gasteiger partial charge in [-0.05, 0) is 31.4 Å². The molecule has 1 saturated heterocycles. The molecule has 0 amide bonds. The Balaban J connectivity index is 1.69. The van der Waals surface area contributed by atoms with Crippen molar-refractivity contribution in [3.05, 3.63) is 30.1 Å². The van der Waals surface area contributed by atoms with Gasteiger partial charge >= 0.3 is 0 Å². The SMILES string of the molecule is c1ccc2[nH]c(CCC3CCCO3)nc2c1. The van der Waals surface area contributed by atoms with Crippen molar-refractivity contribution < 1.29 is 4.74 Å². The third-order valence-corrected chi connectivity index (χ3v) is 3.17. The van der Waals surface area contributed by atoms with Gasteiger partial charge in [-0.25, -0.2) is 4.98 Å². The Hall–Kier alpha value is -1.35. The first kappa shape index (κ1) is 9.85. The summed E-state index contributed by atoms with van der Waals surface area (Å²) in [6.45, 7) is 0.935. The molecule has 0 saturated carbocycles. The number of nitrogens with one attached hydrogen (secondary N) is 1. The predicted octanol–water partition coefficient (Wildman–Crippen LogP) is 2.67. The summed E-state index contributed by atoms with van der Waals surface area (Å²) in [7, 11) is 0. The minimum absolute atomic E-state index is 0.452. The number of fused-ring (bicyclic) bond motifs is 1. The maximum Gasteiger partial charge on any atom is 0.107 e. The van der Waals surface area contributed by atoms with Crippen LogP contribution in [0.1, 0.15) is 25.1 Å². The van der Waals surface area contributed by atoms with Crippen molar-refractivity contribution in [1.29, 1.82) is 0 Å². The Morgan fingerprint density at radius 1 is 1.38 bits per heavy atom. The van der Waals surface area contributed by atoms with Crippen molar-refractivity contribution in [3.63, 3.8) is 0 Å². The smallest absolute Gasteiger partial charge is 0.107 e. The molecule has 3 nitrogen and oxygen atoms in total. The lowest BCUT2D eigenvalue weighted by Gasteiger charge is -2.06.